The summed E-state index contributed by atoms with van der Waals surface area (Å²) in [7, 11) is -9.90. The van der Waals surface area contributed by atoms with Gasteiger partial charge in [0.05, 0.1) is 26.4 Å². The molecule has 0 aliphatic heterocycles. The Labute approximate surface area is 543 Å². The first kappa shape index (κ1) is 87.1. The van der Waals surface area contributed by atoms with Crippen LogP contribution in [0.15, 0.2) is 0 Å². The molecule has 0 saturated heterocycles. The summed E-state index contributed by atoms with van der Waals surface area (Å²) in [6, 6.07) is 0. The van der Waals surface area contributed by atoms with E-state index in [2.05, 4.69) is 41.5 Å². The lowest BCUT2D eigenvalue weighted by atomic mass is 9.99. The van der Waals surface area contributed by atoms with Gasteiger partial charge in [-0.3, -0.25) is 37.3 Å². The molecule has 0 fully saturated rings. The Balaban J connectivity index is 5.26. The standard InChI is InChI=1S/C70H136O17P2/c1-7-10-12-14-16-18-20-22-24-26-34-40-46-52-67(72)80-58-65(86-69(74)54-48-42-36-27-25-23-21-19-17-15-13-11-8-2)60-84-88(76,77)82-56-64(71)57-83-89(78,79)85-61-66(59-81-68(73)53-47-41-35-30-28-32-38-44-50-62(4)5)87-70(75)55-49-43-37-31-29-33-39-45-51-63(6)9-3/h62-66,71H,7-61H2,1-6H3,(H,76,77)(H,78,79)/t63?,64-,65-,66-/m1/s1. The Hall–Kier alpha value is -1.94. The van der Waals surface area contributed by atoms with Crippen molar-refractivity contribution in [2.45, 2.75) is 374 Å². The molecule has 0 amide bonds. The van der Waals surface area contributed by atoms with Crippen molar-refractivity contribution in [1.29, 1.82) is 0 Å². The molecule has 3 unspecified atom stereocenters. The molecule has 6 atom stereocenters. The van der Waals surface area contributed by atoms with E-state index in [9.17, 15) is 43.2 Å². The maximum absolute atomic E-state index is 13.0. The first-order valence-electron chi connectivity index (χ1n) is 36.5. The molecule has 0 spiro atoms. The second kappa shape index (κ2) is 62.2. The van der Waals surface area contributed by atoms with Crippen molar-refractivity contribution >= 4 is 39.5 Å². The average Bonchev–Trinajstić information content (AvgIpc) is 3.56. The van der Waals surface area contributed by atoms with Crippen molar-refractivity contribution in [2.24, 2.45) is 11.8 Å². The smallest absolute Gasteiger partial charge is 0.462 e. The van der Waals surface area contributed by atoms with Crippen molar-refractivity contribution in [2.75, 3.05) is 39.6 Å². The highest BCUT2D eigenvalue weighted by molar-refractivity contribution is 7.47. The first-order chi connectivity index (χ1) is 42.9. The number of hydrogen-bond donors (Lipinski definition) is 3. The van der Waals surface area contributed by atoms with Gasteiger partial charge in [0.25, 0.3) is 0 Å². The van der Waals surface area contributed by atoms with Crippen LogP contribution in [0.2, 0.25) is 0 Å². The number of aliphatic hydroxyl groups is 1. The number of esters is 4. The number of aliphatic hydroxyl groups excluding tert-OH is 1. The minimum atomic E-state index is -4.95. The van der Waals surface area contributed by atoms with Gasteiger partial charge in [0.2, 0.25) is 0 Å². The Morgan fingerprint density at radius 3 is 0.854 bits per heavy atom. The van der Waals surface area contributed by atoms with E-state index in [1.807, 2.05) is 0 Å². The summed E-state index contributed by atoms with van der Waals surface area (Å²) in [5.74, 6) is -0.628. The fourth-order valence-corrected chi connectivity index (χ4v) is 12.1. The molecule has 0 aromatic heterocycles. The van der Waals surface area contributed by atoms with Gasteiger partial charge >= 0.3 is 39.5 Å². The van der Waals surface area contributed by atoms with Gasteiger partial charge in [0.1, 0.15) is 19.3 Å². The molecular weight excluding hydrogens is 1170 g/mol. The predicted octanol–water partition coefficient (Wildman–Crippen LogP) is 20.0. The van der Waals surface area contributed by atoms with Crippen LogP contribution in [-0.2, 0) is 65.4 Å². The quantitative estimate of drug-likeness (QED) is 0.0222. The molecule has 0 heterocycles. The molecule has 0 radical (unpaired) electrons. The fraction of sp³-hybridized carbons (Fsp3) is 0.943. The Morgan fingerprint density at radius 2 is 0.573 bits per heavy atom. The van der Waals surface area contributed by atoms with Crippen molar-refractivity contribution in [3.8, 4) is 0 Å². The van der Waals surface area contributed by atoms with E-state index in [0.717, 1.165) is 102 Å². The van der Waals surface area contributed by atoms with E-state index in [4.69, 9.17) is 37.0 Å². The van der Waals surface area contributed by atoms with Crippen LogP contribution in [0.1, 0.15) is 356 Å². The SMILES string of the molecule is CCCCCCCCCCCCCCCC(=O)OC[C@H](COP(=O)(O)OC[C@@H](O)COP(=O)(O)OC[C@@H](COC(=O)CCCCCCCCCCC(C)C)OC(=O)CCCCCCCCCCC(C)CC)OC(=O)CCCCCCCCCCCCCCC. The summed E-state index contributed by atoms with van der Waals surface area (Å²) in [5, 5.41) is 10.6. The number of phosphoric acid groups is 2. The lowest BCUT2D eigenvalue weighted by Crippen LogP contribution is -2.30. The van der Waals surface area contributed by atoms with Crippen LogP contribution in [0.25, 0.3) is 0 Å². The Morgan fingerprint density at radius 1 is 0.326 bits per heavy atom. The molecule has 528 valence electrons. The molecule has 0 aliphatic carbocycles. The monoisotopic (exact) mass is 1310 g/mol. The van der Waals surface area contributed by atoms with Gasteiger partial charge in [0.15, 0.2) is 12.2 Å². The van der Waals surface area contributed by atoms with E-state index >= 15 is 0 Å². The zero-order valence-corrected chi connectivity index (χ0v) is 59.5. The molecule has 0 aromatic carbocycles. The molecule has 0 rings (SSSR count). The summed E-state index contributed by atoms with van der Waals surface area (Å²) in [6.45, 7) is 9.52. The Bertz CT molecular complexity index is 1740. The van der Waals surface area contributed by atoms with Crippen LogP contribution in [0.5, 0.6) is 0 Å². The summed E-state index contributed by atoms with van der Waals surface area (Å²) in [4.78, 5) is 72.6. The van der Waals surface area contributed by atoms with Crippen LogP contribution >= 0.6 is 15.6 Å². The van der Waals surface area contributed by atoms with Crippen LogP contribution in [0.4, 0.5) is 0 Å². The van der Waals surface area contributed by atoms with Crippen LogP contribution in [0.3, 0.4) is 0 Å². The lowest BCUT2D eigenvalue weighted by Gasteiger charge is -2.21. The van der Waals surface area contributed by atoms with Gasteiger partial charge in [0, 0.05) is 25.7 Å². The number of rotatable bonds is 69. The highest BCUT2D eigenvalue weighted by Crippen LogP contribution is 2.45. The third-order valence-electron chi connectivity index (χ3n) is 16.6. The molecule has 0 aliphatic rings. The van der Waals surface area contributed by atoms with Gasteiger partial charge in [-0.2, -0.15) is 0 Å². The maximum Gasteiger partial charge on any atom is 0.472 e. The van der Waals surface area contributed by atoms with E-state index in [-0.39, 0.29) is 25.7 Å². The minimum Gasteiger partial charge on any atom is -0.462 e. The van der Waals surface area contributed by atoms with Gasteiger partial charge in [-0.15, -0.1) is 0 Å². The summed E-state index contributed by atoms with van der Waals surface area (Å²) < 4.78 is 68.3. The van der Waals surface area contributed by atoms with Gasteiger partial charge in [-0.25, -0.2) is 9.13 Å². The van der Waals surface area contributed by atoms with Crippen molar-refractivity contribution in [3.63, 3.8) is 0 Å². The van der Waals surface area contributed by atoms with Gasteiger partial charge in [-0.1, -0.05) is 305 Å². The zero-order chi connectivity index (χ0) is 65.7. The van der Waals surface area contributed by atoms with Crippen molar-refractivity contribution in [1.82, 2.24) is 0 Å². The van der Waals surface area contributed by atoms with E-state index in [0.29, 0.717) is 25.7 Å². The fourth-order valence-electron chi connectivity index (χ4n) is 10.6. The minimum absolute atomic E-state index is 0.105. The highest BCUT2D eigenvalue weighted by atomic mass is 31.2. The third-order valence-corrected chi connectivity index (χ3v) is 18.5. The molecule has 0 bridgehead atoms. The van der Waals surface area contributed by atoms with E-state index in [1.165, 1.54) is 173 Å². The number of ether oxygens (including phenoxy) is 4. The maximum atomic E-state index is 13.0. The summed E-state index contributed by atoms with van der Waals surface area (Å²) in [5.41, 5.74) is 0. The van der Waals surface area contributed by atoms with E-state index in [1.54, 1.807) is 0 Å². The van der Waals surface area contributed by atoms with Crippen molar-refractivity contribution < 1.29 is 80.2 Å². The average molecular weight is 1310 g/mol. The lowest BCUT2D eigenvalue weighted by molar-refractivity contribution is -0.161. The second-order valence-corrected chi connectivity index (χ2v) is 28.9. The van der Waals surface area contributed by atoms with Gasteiger partial charge in [-0.05, 0) is 37.5 Å². The molecular formula is C70H136O17P2. The summed E-state index contributed by atoms with van der Waals surface area (Å²) >= 11 is 0. The number of carbonyl (C=O) groups is 4. The first-order valence-corrected chi connectivity index (χ1v) is 39.5. The van der Waals surface area contributed by atoms with Crippen molar-refractivity contribution in [3.05, 3.63) is 0 Å². The normalized spacial score (nSPS) is 14.4. The second-order valence-electron chi connectivity index (χ2n) is 26.0. The largest absolute Gasteiger partial charge is 0.472 e. The molecule has 89 heavy (non-hydrogen) atoms. The van der Waals surface area contributed by atoms with E-state index < -0.39 is 97.5 Å². The molecule has 0 saturated carbocycles. The third kappa shape index (κ3) is 63.2. The molecule has 0 aromatic rings. The number of unbranched alkanes of at least 4 members (excludes halogenated alkanes) is 38. The Kier molecular flexibility index (Phi) is 60.8. The van der Waals surface area contributed by atoms with Crippen LogP contribution in [-0.4, -0.2) is 96.7 Å². The molecule has 3 N–H and O–H groups in total. The number of carbonyl (C=O) groups excluding carboxylic acids is 4. The molecule has 19 heteroatoms. The number of hydrogen-bond acceptors (Lipinski definition) is 15. The zero-order valence-electron chi connectivity index (χ0n) is 57.7. The summed E-state index contributed by atoms with van der Waals surface area (Å²) in [6.07, 6.45) is 47.0. The van der Waals surface area contributed by atoms with Gasteiger partial charge < -0.3 is 33.8 Å². The molecule has 17 nitrogen and oxygen atoms in total. The number of phosphoric ester groups is 2. The highest BCUT2D eigenvalue weighted by Gasteiger charge is 2.30. The van der Waals surface area contributed by atoms with Crippen LogP contribution < -0.4 is 0 Å². The topological polar surface area (TPSA) is 237 Å². The van der Waals surface area contributed by atoms with Crippen LogP contribution in [0, 0.1) is 11.8 Å². The predicted molar refractivity (Wildman–Crippen MR) is 358 cm³/mol.